The summed E-state index contributed by atoms with van der Waals surface area (Å²) in [6.07, 6.45) is 4.43. The van der Waals surface area contributed by atoms with Crippen LogP contribution in [0.3, 0.4) is 0 Å². The lowest BCUT2D eigenvalue weighted by Crippen LogP contribution is -2.25. The van der Waals surface area contributed by atoms with Crippen LogP contribution in [-0.4, -0.2) is 19.6 Å². The molecule has 0 saturated heterocycles. The van der Waals surface area contributed by atoms with E-state index < -0.39 is 0 Å². The van der Waals surface area contributed by atoms with E-state index >= 15 is 0 Å². The third kappa shape index (κ3) is 4.34. The van der Waals surface area contributed by atoms with Crippen molar-refractivity contribution in [1.29, 1.82) is 0 Å². The van der Waals surface area contributed by atoms with Gasteiger partial charge in [0.1, 0.15) is 0 Å². The zero-order chi connectivity index (χ0) is 15.0. The minimum Gasteiger partial charge on any atom is -0.465 e. The van der Waals surface area contributed by atoms with Crippen LogP contribution in [0.1, 0.15) is 67.1 Å². The molecule has 1 N–H and O–H groups in total. The molecule has 0 aliphatic rings. The number of esters is 1. The maximum Gasteiger partial charge on any atom is 0.338 e. The SMILES string of the molecule is CCCCNC(CCC)c1c(C)cccc1C(=O)OC. The Morgan fingerprint density at radius 3 is 2.65 bits per heavy atom. The van der Waals surface area contributed by atoms with Crippen LogP contribution in [0, 0.1) is 6.92 Å². The van der Waals surface area contributed by atoms with Crippen LogP contribution in [0.2, 0.25) is 0 Å². The molecule has 3 heteroatoms. The second-order valence-corrected chi connectivity index (χ2v) is 5.18. The molecule has 1 atom stereocenters. The zero-order valence-electron chi connectivity index (χ0n) is 13.2. The van der Waals surface area contributed by atoms with Gasteiger partial charge in [0.25, 0.3) is 0 Å². The Morgan fingerprint density at radius 2 is 2.05 bits per heavy atom. The summed E-state index contributed by atoms with van der Waals surface area (Å²) >= 11 is 0. The van der Waals surface area contributed by atoms with Gasteiger partial charge in [-0.25, -0.2) is 4.79 Å². The second-order valence-electron chi connectivity index (χ2n) is 5.18. The van der Waals surface area contributed by atoms with Gasteiger partial charge < -0.3 is 10.1 Å². The number of carbonyl (C=O) groups is 1. The molecule has 0 bridgehead atoms. The summed E-state index contributed by atoms with van der Waals surface area (Å²) in [6, 6.07) is 6.06. The number of carbonyl (C=O) groups excluding carboxylic acids is 1. The van der Waals surface area contributed by atoms with Crippen molar-refractivity contribution in [1.82, 2.24) is 5.32 Å². The van der Waals surface area contributed by atoms with Gasteiger partial charge >= 0.3 is 5.97 Å². The van der Waals surface area contributed by atoms with Gasteiger partial charge in [0.15, 0.2) is 0 Å². The number of ether oxygens (including phenoxy) is 1. The van der Waals surface area contributed by atoms with Gasteiger partial charge in [-0.15, -0.1) is 0 Å². The average Bonchev–Trinajstić information content (AvgIpc) is 2.45. The first-order valence-electron chi connectivity index (χ1n) is 7.56. The Balaban J connectivity index is 3.07. The Hall–Kier alpha value is -1.35. The van der Waals surface area contributed by atoms with E-state index in [0.717, 1.165) is 36.9 Å². The molecule has 20 heavy (non-hydrogen) atoms. The maximum absolute atomic E-state index is 12.0. The van der Waals surface area contributed by atoms with Crippen molar-refractivity contribution in [2.75, 3.05) is 13.7 Å². The number of hydrogen-bond acceptors (Lipinski definition) is 3. The second kappa shape index (κ2) is 8.75. The molecular formula is C17H27NO2. The van der Waals surface area contributed by atoms with Gasteiger partial charge in [-0.2, -0.15) is 0 Å². The van der Waals surface area contributed by atoms with Gasteiger partial charge in [-0.3, -0.25) is 0 Å². The standard InChI is InChI=1S/C17H27NO2/c1-5-7-12-18-15(9-6-2)16-13(3)10-8-11-14(16)17(19)20-4/h8,10-11,15,18H,5-7,9,12H2,1-4H3. The molecule has 3 nitrogen and oxygen atoms in total. The van der Waals surface area contributed by atoms with Crippen molar-refractivity contribution in [2.45, 2.75) is 52.5 Å². The van der Waals surface area contributed by atoms with Crippen molar-refractivity contribution >= 4 is 5.97 Å². The fourth-order valence-electron chi connectivity index (χ4n) is 2.52. The summed E-state index contributed by atoms with van der Waals surface area (Å²) < 4.78 is 4.92. The average molecular weight is 277 g/mol. The van der Waals surface area contributed by atoms with E-state index in [-0.39, 0.29) is 12.0 Å². The summed E-state index contributed by atoms with van der Waals surface area (Å²) in [4.78, 5) is 12.0. The Labute approximate surface area is 122 Å². The highest BCUT2D eigenvalue weighted by atomic mass is 16.5. The lowest BCUT2D eigenvalue weighted by atomic mass is 9.92. The first-order chi connectivity index (χ1) is 9.65. The predicted molar refractivity (Wildman–Crippen MR) is 83.1 cm³/mol. The lowest BCUT2D eigenvalue weighted by Gasteiger charge is -2.23. The Bertz CT molecular complexity index is 429. The monoisotopic (exact) mass is 277 g/mol. The molecule has 1 rings (SSSR count). The summed E-state index contributed by atoms with van der Waals surface area (Å²) in [5.74, 6) is -0.248. The number of methoxy groups -OCH3 is 1. The third-order valence-electron chi connectivity index (χ3n) is 3.58. The molecule has 0 aliphatic heterocycles. The largest absolute Gasteiger partial charge is 0.465 e. The summed E-state index contributed by atoms with van der Waals surface area (Å²) in [6.45, 7) is 7.40. The Morgan fingerprint density at radius 1 is 1.30 bits per heavy atom. The molecule has 1 aromatic rings. The number of benzene rings is 1. The quantitative estimate of drug-likeness (QED) is 0.576. The molecule has 0 saturated carbocycles. The van der Waals surface area contributed by atoms with Gasteiger partial charge in [0, 0.05) is 6.04 Å². The summed E-state index contributed by atoms with van der Waals surface area (Å²) in [5, 5.41) is 3.59. The highest BCUT2D eigenvalue weighted by molar-refractivity contribution is 5.91. The maximum atomic E-state index is 12.0. The van der Waals surface area contributed by atoms with E-state index in [0.29, 0.717) is 5.56 Å². The molecule has 0 aromatic heterocycles. The molecule has 1 aromatic carbocycles. The number of rotatable bonds is 8. The highest BCUT2D eigenvalue weighted by Crippen LogP contribution is 2.26. The number of hydrogen-bond donors (Lipinski definition) is 1. The summed E-state index contributed by atoms with van der Waals surface area (Å²) in [5.41, 5.74) is 2.93. The molecular weight excluding hydrogens is 250 g/mol. The van der Waals surface area contributed by atoms with Crippen LogP contribution in [-0.2, 0) is 4.74 Å². The normalized spacial score (nSPS) is 12.2. The zero-order valence-corrected chi connectivity index (χ0v) is 13.2. The topological polar surface area (TPSA) is 38.3 Å². The van der Waals surface area contributed by atoms with Crippen LogP contribution in [0.5, 0.6) is 0 Å². The van der Waals surface area contributed by atoms with E-state index in [1.807, 2.05) is 12.1 Å². The first kappa shape index (κ1) is 16.7. The van der Waals surface area contributed by atoms with E-state index in [4.69, 9.17) is 4.74 Å². The highest BCUT2D eigenvalue weighted by Gasteiger charge is 2.20. The molecule has 0 spiro atoms. The molecule has 112 valence electrons. The van der Waals surface area contributed by atoms with Gasteiger partial charge in [0.2, 0.25) is 0 Å². The minimum atomic E-state index is -0.248. The fourth-order valence-corrected chi connectivity index (χ4v) is 2.52. The van der Waals surface area contributed by atoms with E-state index in [1.54, 1.807) is 0 Å². The van der Waals surface area contributed by atoms with Crippen molar-refractivity contribution in [2.24, 2.45) is 0 Å². The van der Waals surface area contributed by atoms with E-state index in [2.05, 4.69) is 32.2 Å². The first-order valence-corrected chi connectivity index (χ1v) is 7.56. The van der Waals surface area contributed by atoms with Gasteiger partial charge in [0.05, 0.1) is 12.7 Å². The molecule has 0 radical (unpaired) electrons. The minimum absolute atomic E-state index is 0.224. The third-order valence-corrected chi connectivity index (χ3v) is 3.58. The van der Waals surface area contributed by atoms with Gasteiger partial charge in [-0.05, 0) is 43.5 Å². The number of nitrogens with one attached hydrogen (secondary N) is 1. The van der Waals surface area contributed by atoms with E-state index in [1.165, 1.54) is 13.5 Å². The van der Waals surface area contributed by atoms with Crippen LogP contribution < -0.4 is 5.32 Å². The number of aryl methyl sites for hydroxylation is 1. The molecule has 0 aliphatic carbocycles. The van der Waals surface area contributed by atoms with Crippen LogP contribution in [0.15, 0.2) is 18.2 Å². The van der Waals surface area contributed by atoms with Crippen molar-refractivity contribution in [3.05, 3.63) is 34.9 Å². The van der Waals surface area contributed by atoms with Gasteiger partial charge in [-0.1, -0.05) is 38.8 Å². The predicted octanol–water partition coefficient (Wildman–Crippen LogP) is 4.01. The fraction of sp³-hybridized carbons (Fsp3) is 0.588. The number of unbranched alkanes of at least 4 members (excludes halogenated alkanes) is 1. The van der Waals surface area contributed by atoms with Crippen molar-refractivity contribution < 1.29 is 9.53 Å². The Kier molecular flexibility index (Phi) is 7.31. The molecule has 0 heterocycles. The lowest BCUT2D eigenvalue weighted by molar-refractivity contribution is 0.0598. The molecule has 0 amide bonds. The summed E-state index contributed by atoms with van der Waals surface area (Å²) in [7, 11) is 1.44. The molecule has 0 fully saturated rings. The smallest absolute Gasteiger partial charge is 0.338 e. The van der Waals surface area contributed by atoms with Crippen LogP contribution in [0.4, 0.5) is 0 Å². The van der Waals surface area contributed by atoms with Crippen LogP contribution >= 0.6 is 0 Å². The van der Waals surface area contributed by atoms with Crippen LogP contribution in [0.25, 0.3) is 0 Å². The van der Waals surface area contributed by atoms with E-state index in [9.17, 15) is 4.79 Å². The molecule has 1 unspecified atom stereocenters. The van der Waals surface area contributed by atoms with Crippen molar-refractivity contribution in [3.63, 3.8) is 0 Å². The van der Waals surface area contributed by atoms with Crippen molar-refractivity contribution in [3.8, 4) is 0 Å².